The van der Waals surface area contributed by atoms with E-state index < -0.39 is 5.82 Å². The monoisotopic (exact) mass is 238 g/mol. The van der Waals surface area contributed by atoms with Crippen LogP contribution in [0.5, 0.6) is 5.75 Å². The molecule has 1 aromatic carbocycles. The second-order valence-corrected chi connectivity index (χ2v) is 5.48. The van der Waals surface area contributed by atoms with E-state index in [9.17, 15) is 9.50 Å². The van der Waals surface area contributed by atoms with E-state index in [-0.39, 0.29) is 11.2 Å². The van der Waals surface area contributed by atoms with Crippen molar-refractivity contribution in [2.75, 3.05) is 0 Å². The molecule has 1 rings (SSSR count). The van der Waals surface area contributed by atoms with Crippen LogP contribution in [0, 0.1) is 12.7 Å². The Morgan fingerprint density at radius 2 is 1.88 bits per heavy atom. The minimum Gasteiger partial charge on any atom is -0.505 e. The molecule has 0 aliphatic rings. The molecule has 1 aromatic rings. The van der Waals surface area contributed by atoms with Gasteiger partial charge in [-0.15, -0.1) is 0 Å². The fourth-order valence-corrected chi connectivity index (χ4v) is 2.20. The first kappa shape index (κ1) is 14.0. The first-order valence-corrected chi connectivity index (χ1v) is 6.38. The Morgan fingerprint density at radius 3 is 2.47 bits per heavy atom. The molecule has 1 nitrogen and oxygen atoms in total. The quantitative estimate of drug-likeness (QED) is 0.737. The van der Waals surface area contributed by atoms with Gasteiger partial charge in [-0.3, -0.25) is 0 Å². The third-order valence-corrected chi connectivity index (χ3v) is 3.34. The van der Waals surface area contributed by atoms with Crippen LogP contribution in [-0.2, 0) is 5.41 Å². The van der Waals surface area contributed by atoms with Crippen LogP contribution in [0.3, 0.4) is 0 Å². The minimum absolute atomic E-state index is 0.174. The van der Waals surface area contributed by atoms with Crippen molar-refractivity contribution in [2.45, 2.75) is 58.8 Å². The summed E-state index contributed by atoms with van der Waals surface area (Å²) in [7, 11) is 0. The fraction of sp³-hybridized carbons (Fsp3) is 0.600. The Morgan fingerprint density at radius 1 is 1.24 bits per heavy atom. The molecule has 0 atom stereocenters. The first-order valence-electron chi connectivity index (χ1n) is 6.38. The van der Waals surface area contributed by atoms with Gasteiger partial charge in [0.05, 0.1) is 0 Å². The molecule has 0 amide bonds. The smallest absolute Gasteiger partial charge is 0.165 e. The maximum absolute atomic E-state index is 13.5. The van der Waals surface area contributed by atoms with Gasteiger partial charge in [0.1, 0.15) is 0 Å². The number of phenolic OH excluding ortho intramolecular Hbond substituents is 1. The van der Waals surface area contributed by atoms with E-state index in [0.29, 0.717) is 0 Å². The van der Waals surface area contributed by atoms with Gasteiger partial charge in [-0.2, -0.15) is 0 Å². The van der Waals surface area contributed by atoms with Crippen molar-refractivity contribution < 1.29 is 9.50 Å². The van der Waals surface area contributed by atoms with E-state index in [1.165, 1.54) is 18.9 Å². The summed E-state index contributed by atoms with van der Waals surface area (Å²) < 4.78 is 13.5. The third kappa shape index (κ3) is 3.45. The number of benzene rings is 1. The highest BCUT2D eigenvalue weighted by Crippen LogP contribution is 2.37. The highest BCUT2D eigenvalue weighted by molar-refractivity contribution is 5.41. The molecule has 0 bridgehead atoms. The van der Waals surface area contributed by atoms with Gasteiger partial charge in [0.15, 0.2) is 11.6 Å². The van der Waals surface area contributed by atoms with Gasteiger partial charge in [-0.25, -0.2) is 4.39 Å². The summed E-state index contributed by atoms with van der Waals surface area (Å²) in [5.41, 5.74) is 1.41. The molecular weight excluding hydrogens is 215 g/mol. The summed E-state index contributed by atoms with van der Waals surface area (Å²) in [5, 5.41) is 9.84. The summed E-state index contributed by atoms with van der Waals surface area (Å²) in [4.78, 5) is 0. The molecule has 0 aromatic heterocycles. The zero-order chi connectivity index (χ0) is 13.1. The molecule has 0 saturated heterocycles. The van der Waals surface area contributed by atoms with Crippen LogP contribution in [-0.4, -0.2) is 5.11 Å². The number of aromatic hydroxyl groups is 1. The van der Waals surface area contributed by atoms with Gasteiger partial charge in [0.25, 0.3) is 0 Å². The number of phenols is 1. The molecular formula is C15H23FO. The van der Waals surface area contributed by atoms with Crippen molar-refractivity contribution in [1.29, 1.82) is 0 Å². The van der Waals surface area contributed by atoms with Crippen molar-refractivity contribution in [2.24, 2.45) is 0 Å². The van der Waals surface area contributed by atoms with Crippen molar-refractivity contribution in [3.63, 3.8) is 0 Å². The third-order valence-electron chi connectivity index (χ3n) is 3.34. The lowest BCUT2D eigenvalue weighted by atomic mass is 9.79. The maximum atomic E-state index is 13.5. The van der Waals surface area contributed by atoms with Gasteiger partial charge < -0.3 is 5.11 Å². The lowest BCUT2D eigenvalue weighted by molar-refractivity contribution is 0.385. The van der Waals surface area contributed by atoms with Gasteiger partial charge in [-0.1, -0.05) is 46.1 Å². The van der Waals surface area contributed by atoms with E-state index in [1.807, 2.05) is 13.0 Å². The molecule has 0 aliphatic heterocycles. The number of halogens is 1. The summed E-state index contributed by atoms with van der Waals surface area (Å²) in [6.07, 6.45) is 4.43. The molecule has 1 N–H and O–H groups in total. The number of hydrogen-bond acceptors (Lipinski definition) is 1. The second kappa shape index (κ2) is 5.52. The summed E-state index contributed by atoms with van der Waals surface area (Å²) in [6, 6.07) is 3.27. The molecule has 2 heteroatoms. The van der Waals surface area contributed by atoms with Crippen molar-refractivity contribution in [1.82, 2.24) is 0 Å². The summed E-state index contributed by atoms with van der Waals surface area (Å²) in [6.45, 7) is 8.15. The van der Waals surface area contributed by atoms with Crippen molar-refractivity contribution in [3.8, 4) is 5.75 Å². The molecule has 0 spiro atoms. The zero-order valence-corrected chi connectivity index (χ0v) is 11.3. The average Bonchev–Trinajstić information content (AvgIpc) is 2.23. The number of rotatable bonds is 5. The molecule has 96 valence electrons. The Labute approximate surface area is 104 Å². The zero-order valence-electron chi connectivity index (χ0n) is 11.3. The Balaban J connectivity index is 2.97. The predicted octanol–water partition coefficient (Wildman–Crippen LogP) is 4.70. The van der Waals surface area contributed by atoms with Crippen LogP contribution >= 0.6 is 0 Å². The molecule has 0 aliphatic carbocycles. The van der Waals surface area contributed by atoms with Crippen LogP contribution in [0.2, 0.25) is 0 Å². The van der Waals surface area contributed by atoms with Crippen LogP contribution in [0.15, 0.2) is 12.1 Å². The summed E-state index contributed by atoms with van der Waals surface area (Å²) >= 11 is 0. The Bertz CT molecular complexity index is 383. The predicted molar refractivity (Wildman–Crippen MR) is 70.0 cm³/mol. The lowest BCUT2D eigenvalue weighted by Gasteiger charge is -2.26. The average molecular weight is 238 g/mol. The first-order chi connectivity index (χ1) is 7.88. The lowest BCUT2D eigenvalue weighted by Crippen LogP contribution is -2.18. The largest absolute Gasteiger partial charge is 0.505 e. The Kier molecular flexibility index (Phi) is 4.55. The molecule has 17 heavy (non-hydrogen) atoms. The van der Waals surface area contributed by atoms with Crippen LogP contribution in [0.4, 0.5) is 4.39 Å². The maximum Gasteiger partial charge on any atom is 0.165 e. The van der Waals surface area contributed by atoms with Crippen molar-refractivity contribution in [3.05, 3.63) is 29.1 Å². The number of hydrogen-bond donors (Lipinski definition) is 1. The Hall–Kier alpha value is -1.05. The van der Waals surface area contributed by atoms with E-state index in [2.05, 4.69) is 20.8 Å². The highest BCUT2D eigenvalue weighted by Gasteiger charge is 2.25. The van der Waals surface area contributed by atoms with Crippen LogP contribution < -0.4 is 0 Å². The minimum atomic E-state index is -0.511. The van der Waals surface area contributed by atoms with Crippen molar-refractivity contribution >= 4 is 0 Å². The number of aryl methyl sites for hydroxylation is 1. The van der Waals surface area contributed by atoms with Gasteiger partial charge >= 0.3 is 0 Å². The standard InChI is InChI=1S/C15H23FO/c1-5-6-7-8-15(3,4)12-9-11(2)10-13(16)14(12)17/h9-10,17H,5-8H2,1-4H3. The topological polar surface area (TPSA) is 20.2 Å². The fourth-order valence-electron chi connectivity index (χ4n) is 2.20. The van der Waals surface area contributed by atoms with Gasteiger partial charge in [-0.05, 0) is 30.4 Å². The van der Waals surface area contributed by atoms with E-state index in [1.54, 1.807) is 0 Å². The molecule has 0 heterocycles. The van der Waals surface area contributed by atoms with Crippen LogP contribution in [0.25, 0.3) is 0 Å². The molecule has 0 fully saturated rings. The SMILES string of the molecule is CCCCCC(C)(C)c1cc(C)cc(F)c1O. The van der Waals surface area contributed by atoms with E-state index in [0.717, 1.165) is 24.0 Å². The van der Waals surface area contributed by atoms with Crippen LogP contribution in [0.1, 0.15) is 57.6 Å². The van der Waals surface area contributed by atoms with Gasteiger partial charge in [0.2, 0.25) is 0 Å². The van der Waals surface area contributed by atoms with Gasteiger partial charge in [0, 0.05) is 5.56 Å². The second-order valence-electron chi connectivity index (χ2n) is 5.48. The normalized spacial score (nSPS) is 11.8. The molecule has 0 unspecified atom stereocenters. The van der Waals surface area contributed by atoms with E-state index in [4.69, 9.17) is 0 Å². The molecule has 0 radical (unpaired) electrons. The number of unbranched alkanes of at least 4 members (excludes halogenated alkanes) is 2. The highest BCUT2D eigenvalue weighted by atomic mass is 19.1. The van der Waals surface area contributed by atoms with E-state index >= 15 is 0 Å². The molecule has 0 saturated carbocycles. The summed E-state index contributed by atoms with van der Waals surface area (Å²) in [5.74, 6) is -0.694.